The van der Waals surface area contributed by atoms with Crippen molar-refractivity contribution in [3.8, 4) is 0 Å². The third kappa shape index (κ3) is 5.32. The molecule has 1 aromatic heterocycles. The van der Waals surface area contributed by atoms with Gasteiger partial charge in [-0.1, -0.05) is 27.2 Å². The van der Waals surface area contributed by atoms with Gasteiger partial charge in [0.05, 0.1) is 22.5 Å². The van der Waals surface area contributed by atoms with E-state index in [1.165, 1.54) is 16.4 Å². The number of nitrogens with two attached hydrogens (primary N) is 1. The predicted octanol–water partition coefficient (Wildman–Crippen LogP) is 1.19. The van der Waals surface area contributed by atoms with Crippen LogP contribution in [-0.2, 0) is 33.3 Å². The molecule has 2 heterocycles. The van der Waals surface area contributed by atoms with Crippen LogP contribution in [-0.4, -0.2) is 79.2 Å². The largest absolute Gasteiger partial charge is 0.327 e. The van der Waals surface area contributed by atoms with Crippen molar-refractivity contribution < 1.29 is 16.8 Å². The number of hydrogen-bond acceptors (Lipinski definition) is 6. The quantitative estimate of drug-likeness (QED) is 0.538. The Kier molecular flexibility index (Phi) is 7.94. The molecule has 2 N–H and O–H groups in total. The van der Waals surface area contributed by atoms with Gasteiger partial charge in [0.25, 0.3) is 10.2 Å². The highest BCUT2D eigenvalue weighted by Gasteiger charge is 2.31. The van der Waals surface area contributed by atoms with Crippen LogP contribution in [0.1, 0.15) is 39.4 Å². The van der Waals surface area contributed by atoms with Gasteiger partial charge in [-0.2, -0.15) is 17.0 Å². The molecule has 1 fully saturated rings. The number of imidazole rings is 1. The summed E-state index contributed by atoms with van der Waals surface area (Å²) in [7, 11) is -7.23. The van der Waals surface area contributed by atoms with Gasteiger partial charge in [0.15, 0.2) is 0 Å². The first-order valence-electron chi connectivity index (χ1n) is 11.1. The molecule has 1 aliphatic heterocycles. The Morgan fingerprint density at radius 1 is 1.03 bits per heavy atom. The van der Waals surface area contributed by atoms with Crippen molar-refractivity contribution in [2.45, 2.75) is 51.6 Å². The van der Waals surface area contributed by atoms with Crippen LogP contribution in [0.25, 0.3) is 11.0 Å². The topological polar surface area (TPSA) is 122 Å². The number of benzene rings is 1. The molecule has 0 bridgehead atoms. The number of piperazine rings is 1. The summed E-state index contributed by atoms with van der Waals surface area (Å²) in [5, 5.41) is 5.28. The van der Waals surface area contributed by atoms with Crippen molar-refractivity contribution in [3.63, 3.8) is 0 Å². The Labute approximate surface area is 191 Å². The Bertz CT molecular complexity index is 1130. The monoisotopic (exact) mass is 486 g/mol. The molecule has 32 heavy (non-hydrogen) atoms. The van der Waals surface area contributed by atoms with Crippen LogP contribution in [0, 0.1) is 0 Å². The normalized spacial score (nSPS) is 16.9. The SMILES string of the molecule is CCCCn1c(CN2CCN(S(=O)(=O)N(CC)CC)CC2)nc2cc(S(N)(=O)=O)ccc21. The molecule has 0 amide bonds. The van der Waals surface area contributed by atoms with Crippen molar-refractivity contribution in [2.75, 3.05) is 39.3 Å². The van der Waals surface area contributed by atoms with Gasteiger partial charge in [-0.3, -0.25) is 4.90 Å². The van der Waals surface area contributed by atoms with Gasteiger partial charge < -0.3 is 4.57 Å². The summed E-state index contributed by atoms with van der Waals surface area (Å²) >= 11 is 0. The molecule has 1 saturated heterocycles. The third-order valence-corrected chi connectivity index (χ3v) is 9.01. The van der Waals surface area contributed by atoms with Gasteiger partial charge in [0.2, 0.25) is 10.0 Å². The maximum atomic E-state index is 12.8. The molecule has 0 aliphatic carbocycles. The number of aryl methyl sites for hydroxylation is 1. The molecule has 0 unspecified atom stereocenters. The Hall–Kier alpha value is -1.57. The predicted molar refractivity (Wildman–Crippen MR) is 125 cm³/mol. The minimum absolute atomic E-state index is 0.0481. The van der Waals surface area contributed by atoms with Gasteiger partial charge in [0, 0.05) is 45.8 Å². The summed E-state index contributed by atoms with van der Waals surface area (Å²) in [6.45, 7) is 10.2. The van der Waals surface area contributed by atoms with E-state index in [-0.39, 0.29) is 4.90 Å². The molecule has 1 aromatic carbocycles. The molecule has 2 aromatic rings. The zero-order valence-corrected chi connectivity index (χ0v) is 20.7. The van der Waals surface area contributed by atoms with Crippen LogP contribution in [0.3, 0.4) is 0 Å². The summed E-state index contributed by atoms with van der Waals surface area (Å²) in [6, 6.07) is 4.80. The smallest absolute Gasteiger partial charge is 0.282 e. The molecule has 12 heteroatoms. The second-order valence-corrected chi connectivity index (χ2v) is 11.5. The van der Waals surface area contributed by atoms with Crippen LogP contribution in [0.4, 0.5) is 0 Å². The number of hydrogen-bond donors (Lipinski definition) is 1. The van der Waals surface area contributed by atoms with E-state index in [4.69, 9.17) is 10.1 Å². The first-order chi connectivity index (χ1) is 15.1. The van der Waals surface area contributed by atoms with E-state index in [9.17, 15) is 16.8 Å². The van der Waals surface area contributed by atoms with Crippen LogP contribution in [0.15, 0.2) is 23.1 Å². The number of unbranched alkanes of at least 4 members (excludes halogenated alkanes) is 1. The van der Waals surface area contributed by atoms with Crippen molar-refractivity contribution >= 4 is 31.3 Å². The van der Waals surface area contributed by atoms with Crippen molar-refractivity contribution in [1.82, 2.24) is 23.1 Å². The number of fused-ring (bicyclic) bond motifs is 1. The lowest BCUT2D eigenvalue weighted by atomic mass is 10.3. The van der Waals surface area contributed by atoms with Gasteiger partial charge in [-0.05, 0) is 24.6 Å². The average Bonchev–Trinajstić information content (AvgIpc) is 3.08. The lowest BCUT2D eigenvalue weighted by Gasteiger charge is -2.36. The van der Waals surface area contributed by atoms with E-state index >= 15 is 0 Å². The first-order valence-corrected chi connectivity index (χ1v) is 14.1. The molecule has 10 nitrogen and oxygen atoms in total. The second kappa shape index (κ2) is 10.1. The molecular formula is C20H34N6O4S2. The molecular weight excluding hydrogens is 452 g/mol. The third-order valence-electron chi connectivity index (χ3n) is 5.92. The zero-order chi connectivity index (χ0) is 23.5. The second-order valence-electron chi connectivity index (χ2n) is 8.00. The fourth-order valence-electron chi connectivity index (χ4n) is 4.05. The summed E-state index contributed by atoms with van der Waals surface area (Å²) in [5.74, 6) is 0.847. The van der Waals surface area contributed by atoms with E-state index in [1.54, 1.807) is 10.4 Å². The average molecular weight is 487 g/mol. The van der Waals surface area contributed by atoms with E-state index < -0.39 is 20.2 Å². The fraction of sp³-hybridized carbons (Fsp3) is 0.650. The van der Waals surface area contributed by atoms with E-state index in [1.807, 2.05) is 13.8 Å². The van der Waals surface area contributed by atoms with Crippen molar-refractivity contribution in [1.29, 1.82) is 0 Å². The van der Waals surface area contributed by atoms with Gasteiger partial charge in [-0.25, -0.2) is 18.5 Å². The molecule has 0 saturated carbocycles. The molecule has 180 valence electrons. The number of aromatic nitrogens is 2. The number of nitrogens with zero attached hydrogens (tertiary/aromatic N) is 5. The lowest BCUT2D eigenvalue weighted by Crippen LogP contribution is -2.52. The Balaban J connectivity index is 1.80. The Morgan fingerprint density at radius 2 is 1.69 bits per heavy atom. The summed E-state index contributed by atoms with van der Waals surface area (Å²) < 4.78 is 54.2. The molecule has 0 atom stereocenters. The van der Waals surface area contributed by atoms with Crippen LogP contribution in [0.2, 0.25) is 0 Å². The van der Waals surface area contributed by atoms with E-state index in [0.717, 1.165) is 30.7 Å². The molecule has 0 spiro atoms. The summed E-state index contributed by atoms with van der Waals surface area (Å²) in [4.78, 5) is 6.96. The highest BCUT2D eigenvalue weighted by atomic mass is 32.2. The maximum absolute atomic E-state index is 12.8. The summed E-state index contributed by atoms with van der Waals surface area (Å²) in [5.41, 5.74) is 1.48. The number of primary sulfonamides is 1. The van der Waals surface area contributed by atoms with Crippen LogP contribution < -0.4 is 5.14 Å². The fourth-order valence-corrected chi connectivity index (χ4v) is 6.19. The molecule has 1 aliphatic rings. The van der Waals surface area contributed by atoms with E-state index in [2.05, 4.69) is 16.4 Å². The van der Waals surface area contributed by atoms with Crippen molar-refractivity contribution in [3.05, 3.63) is 24.0 Å². The number of rotatable bonds is 10. The van der Waals surface area contributed by atoms with Gasteiger partial charge >= 0.3 is 0 Å². The first kappa shape index (κ1) is 25.1. The number of sulfonamides is 1. The zero-order valence-electron chi connectivity index (χ0n) is 19.1. The van der Waals surface area contributed by atoms with E-state index in [0.29, 0.717) is 51.3 Å². The standard InChI is InChI=1S/C20H34N6O4S2/c1-4-7-10-26-19-9-8-17(31(21,27)28)15-18(19)22-20(26)16-23-11-13-25(14-12-23)32(29,30)24(5-2)6-3/h8-9,15H,4-7,10-14,16H2,1-3H3,(H2,21,27,28). The van der Waals surface area contributed by atoms with Gasteiger partial charge in [0.1, 0.15) is 5.82 Å². The molecule has 0 radical (unpaired) electrons. The van der Waals surface area contributed by atoms with Gasteiger partial charge in [-0.15, -0.1) is 0 Å². The minimum Gasteiger partial charge on any atom is -0.327 e. The highest BCUT2D eigenvalue weighted by Crippen LogP contribution is 2.22. The minimum atomic E-state index is -3.80. The van der Waals surface area contributed by atoms with Crippen LogP contribution >= 0.6 is 0 Å². The van der Waals surface area contributed by atoms with Crippen LogP contribution in [0.5, 0.6) is 0 Å². The maximum Gasteiger partial charge on any atom is 0.282 e. The van der Waals surface area contributed by atoms with Crippen molar-refractivity contribution in [2.24, 2.45) is 5.14 Å². The highest BCUT2D eigenvalue weighted by molar-refractivity contribution is 7.89. The molecule has 3 rings (SSSR count). The Morgan fingerprint density at radius 3 is 2.25 bits per heavy atom. The lowest BCUT2D eigenvalue weighted by molar-refractivity contribution is 0.170. The summed E-state index contributed by atoms with van der Waals surface area (Å²) in [6.07, 6.45) is 2.00.